The summed E-state index contributed by atoms with van der Waals surface area (Å²) in [7, 11) is 0. The molecule has 0 aromatic carbocycles. The fourth-order valence-corrected chi connectivity index (χ4v) is 5.86. The first-order chi connectivity index (χ1) is 10.3. The minimum Gasteiger partial charge on any atom is -0.375 e. The van der Waals surface area contributed by atoms with Crippen molar-refractivity contribution in [2.45, 2.75) is 88.8 Å². The Morgan fingerprint density at radius 1 is 1.05 bits per heavy atom. The fraction of sp³-hybridized carbons (Fsp3) is 1.00. The minimum atomic E-state index is 0.237. The number of nitrogens with one attached hydrogen (secondary N) is 1. The molecule has 1 atom stereocenters. The van der Waals surface area contributed by atoms with Crippen LogP contribution in [0.15, 0.2) is 0 Å². The number of ether oxygens (including phenoxy) is 1. The van der Waals surface area contributed by atoms with Gasteiger partial charge in [-0.05, 0) is 68.8 Å². The van der Waals surface area contributed by atoms with Crippen LogP contribution < -0.4 is 5.32 Å². The molecule has 3 rings (SSSR count). The zero-order valence-electron chi connectivity index (χ0n) is 13.7. The lowest BCUT2D eigenvalue weighted by Gasteiger charge is -2.45. The van der Waals surface area contributed by atoms with E-state index >= 15 is 0 Å². The second kappa shape index (κ2) is 7.70. The molecule has 0 bridgehead atoms. The van der Waals surface area contributed by atoms with Gasteiger partial charge in [0.15, 0.2) is 0 Å². The molecule has 0 amide bonds. The van der Waals surface area contributed by atoms with Crippen LogP contribution in [0, 0.1) is 5.92 Å². The molecule has 21 heavy (non-hydrogen) atoms. The van der Waals surface area contributed by atoms with Gasteiger partial charge in [0.05, 0.1) is 5.60 Å². The molecule has 1 aliphatic carbocycles. The van der Waals surface area contributed by atoms with E-state index in [0.29, 0.717) is 0 Å². The molecule has 1 saturated carbocycles. The highest BCUT2D eigenvalue weighted by molar-refractivity contribution is 7.99. The third-order valence-electron chi connectivity index (χ3n) is 5.91. The van der Waals surface area contributed by atoms with Crippen molar-refractivity contribution < 1.29 is 4.74 Å². The van der Waals surface area contributed by atoms with Gasteiger partial charge >= 0.3 is 0 Å². The Bertz CT molecular complexity index is 303. The minimum absolute atomic E-state index is 0.237. The van der Waals surface area contributed by atoms with Crippen LogP contribution in [0.2, 0.25) is 0 Å². The Labute approximate surface area is 135 Å². The van der Waals surface area contributed by atoms with E-state index in [1.165, 1.54) is 75.7 Å². The molecular formula is C18H33NOS. The van der Waals surface area contributed by atoms with Crippen LogP contribution in [0.4, 0.5) is 0 Å². The van der Waals surface area contributed by atoms with Crippen LogP contribution in [0.25, 0.3) is 0 Å². The molecule has 3 fully saturated rings. The summed E-state index contributed by atoms with van der Waals surface area (Å²) < 4.78 is 6.22. The molecule has 0 aromatic rings. The van der Waals surface area contributed by atoms with Crippen molar-refractivity contribution in [3.63, 3.8) is 0 Å². The predicted octanol–water partition coefficient (Wildman–Crippen LogP) is 4.38. The molecule has 2 saturated heterocycles. The van der Waals surface area contributed by atoms with Crippen molar-refractivity contribution in [2.24, 2.45) is 5.92 Å². The van der Waals surface area contributed by atoms with E-state index in [1.54, 1.807) is 0 Å². The highest BCUT2D eigenvalue weighted by Crippen LogP contribution is 2.38. The van der Waals surface area contributed by atoms with Crippen molar-refractivity contribution in [3.8, 4) is 0 Å². The SMILES string of the molecule is CCCC1CCC(NC2CCOC3(CCSCC3)C2)CC1. The molecule has 3 aliphatic rings. The van der Waals surface area contributed by atoms with E-state index in [4.69, 9.17) is 4.74 Å². The molecule has 1 spiro atoms. The van der Waals surface area contributed by atoms with Crippen LogP contribution in [-0.2, 0) is 4.74 Å². The van der Waals surface area contributed by atoms with Crippen LogP contribution in [-0.4, -0.2) is 35.8 Å². The summed E-state index contributed by atoms with van der Waals surface area (Å²) in [5, 5.41) is 4.01. The van der Waals surface area contributed by atoms with Crippen molar-refractivity contribution in [3.05, 3.63) is 0 Å². The maximum atomic E-state index is 6.22. The number of hydrogen-bond acceptors (Lipinski definition) is 3. The number of rotatable bonds is 4. The average Bonchev–Trinajstić information content (AvgIpc) is 2.50. The van der Waals surface area contributed by atoms with Gasteiger partial charge in [-0.1, -0.05) is 19.8 Å². The Kier molecular flexibility index (Phi) is 5.92. The van der Waals surface area contributed by atoms with Gasteiger partial charge in [-0.25, -0.2) is 0 Å². The molecule has 0 aromatic heterocycles. The average molecular weight is 312 g/mol. The van der Waals surface area contributed by atoms with E-state index in [2.05, 4.69) is 24.0 Å². The second-order valence-corrected chi connectivity index (χ2v) is 8.73. The normalized spacial score (nSPS) is 36.7. The Morgan fingerprint density at radius 2 is 1.81 bits per heavy atom. The molecule has 3 heteroatoms. The molecule has 122 valence electrons. The third-order valence-corrected chi connectivity index (χ3v) is 6.90. The van der Waals surface area contributed by atoms with Gasteiger partial charge in [0.2, 0.25) is 0 Å². The quantitative estimate of drug-likeness (QED) is 0.832. The maximum Gasteiger partial charge on any atom is 0.0713 e. The fourth-order valence-electron chi connectivity index (χ4n) is 4.62. The van der Waals surface area contributed by atoms with Gasteiger partial charge < -0.3 is 10.1 Å². The van der Waals surface area contributed by atoms with Gasteiger partial charge in [-0.15, -0.1) is 0 Å². The summed E-state index contributed by atoms with van der Waals surface area (Å²) in [6.07, 6.45) is 13.6. The molecule has 0 radical (unpaired) electrons. The topological polar surface area (TPSA) is 21.3 Å². The van der Waals surface area contributed by atoms with Crippen molar-refractivity contribution in [2.75, 3.05) is 18.1 Å². The van der Waals surface area contributed by atoms with Crippen molar-refractivity contribution in [1.82, 2.24) is 5.32 Å². The van der Waals surface area contributed by atoms with Gasteiger partial charge in [0.1, 0.15) is 0 Å². The highest BCUT2D eigenvalue weighted by atomic mass is 32.2. The monoisotopic (exact) mass is 311 g/mol. The van der Waals surface area contributed by atoms with Crippen LogP contribution >= 0.6 is 11.8 Å². The van der Waals surface area contributed by atoms with Gasteiger partial charge in [-0.2, -0.15) is 11.8 Å². The Hall–Kier alpha value is 0.270. The summed E-state index contributed by atoms with van der Waals surface area (Å²) in [5.41, 5.74) is 0.237. The Morgan fingerprint density at radius 3 is 2.52 bits per heavy atom. The highest BCUT2D eigenvalue weighted by Gasteiger charge is 2.39. The van der Waals surface area contributed by atoms with Crippen LogP contribution in [0.3, 0.4) is 0 Å². The lowest BCUT2D eigenvalue weighted by Crippen LogP contribution is -2.51. The van der Waals surface area contributed by atoms with E-state index in [0.717, 1.165) is 24.6 Å². The van der Waals surface area contributed by atoms with E-state index in [9.17, 15) is 0 Å². The molecule has 1 N–H and O–H groups in total. The Balaban J connectivity index is 1.45. The summed E-state index contributed by atoms with van der Waals surface area (Å²) >= 11 is 2.10. The van der Waals surface area contributed by atoms with E-state index in [-0.39, 0.29) is 5.60 Å². The van der Waals surface area contributed by atoms with Crippen molar-refractivity contribution >= 4 is 11.8 Å². The molecule has 2 nitrogen and oxygen atoms in total. The maximum absolute atomic E-state index is 6.22. The molecular weight excluding hydrogens is 278 g/mol. The summed E-state index contributed by atoms with van der Waals surface area (Å²) in [6, 6.07) is 1.51. The van der Waals surface area contributed by atoms with Crippen LogP contribution in [0.1, 0.15) is 71.1 Å². The molecule has 2 aliphatic heterocycles. The summed E-state index contributed by atoms with van der Waals surface area (Å²) in [6.45, 7) is 3.31. The lowest BCUT2D eigenvalue weighted by molar-refractivity contribution is -0.0946. The number of hydrogen-bond donors (Lipinski definition) is 1. The van der Waals surface area contributed by atoms with Gasteiger partial charge in [-0.3, -0.25) is 0 Å². The first kappa shape index (κ1) is 16.1. The third kappa shape index (κ3) is 4.39. The first-order valence-corrected chi connectivity index (χ1v) is 10.4. The summed E-state index contributed by atoms with van der Waals surface area (Å²) in [4.78, 5) is 0. The van der Waals surface area contributed by atoms with Crippen molar-refractivity contribution in [1.29, 1.82) is 0 Å². The smallest absolute Gasteiger partial charge is 0.0713 e. The van der Waals surface area contributed by atoms with Gasteiger partial charge in [0.25, 0.3) is 0 Å². The summed E-state index contributed by atoms with van der Waals surface area (Å²) in [5.74, 6) is 3.62. The lowest BCUT2D eigenvalue weighted by atomic mass is 9.81. The van der Waals surface area contributed by atoms with Gasteiger partial charge in [0, 0.05) is 18.7 Å². The van der Waals surface area contributed by atoms with E-state index < -0.39 is 0 Å². The second-order valence-electron chi connectivity index (χ2n) is 7.51. The predicted molar refractivity (Wildman–Crippen MR) is 92.1 cm³/mol. The number of thioether (sulfide) groups is 1. The van der Waals surface area contributed by atoms with E-state index in [1.807, 2.05) is 0 Å². The zero-order valence-corrected chi connectivity index (χ0v) is 14.6. The molecule has 1 unspecified atom stereocenters. The van der Waals surface area contributed by atoms with Crippen LogP contribution in [0.5, 0.6) is 0 Å². The first-order valence-electron chi connectivity index (χ1n) is 9.27. The molecule has 2 heterocycles. The largest absolute Gasteiger partial charge is 0.375 e. The standard InChI is InChI=1S/C18H33NOS/c1-2-3-15-4-6-16(7-5-15)19-17-8-11-20-18(14-17)9-12-21-13-10-18/h15-17,19H,2-14H2,1H3. The zero-order chi connectivity index (χ0) is 14.5.